The molecule has 0 bridgehead atoms. The summed E-state index contributed by atoms with van der Waals surface area (Å²) in [7, 11) is -2.94. The predicted octanol–water partition coefficient (Wildman–Crippen LogP) is 2.54. The van der Waals surface area contributed by atoms with E-state index in [1.807, 2.05) is 20.1 Å². The molecule has 1 aliphatic heterocycles. The maximum absolute atomic E-state index is 13.8. The first-order valence-electron chi connectivity index (χ1n) is 12.4. The number of ether oxygens (including phenoxy) is 3. The Morgan fingerprint density at radius 1 is 1.35 bits per heavy atom. The number of thioether (sulfide) groups is 1. The van der Waals surface area contributed by atoms with Crippen LogP contribution in [-0.4, -0.2) is 80.2 Å². The Labute approximate surface area is 235 Å². The molecule has 0 amide bonds. The van der Waals surface area contributed by atoms with Crippen molar-refractivity contribution >= 4 is 42.6 Å². The van der Waals surface area contributed by atoms with Gasteiger partial charge in [0.05, 0.1) is 31.4 Å². The molecule has 1 aliphatic rings. The van der Waals surface area contributed by atoms with E-state index in [1.165, 1.54) is 32.1 Å². The number of anilines is 1. The highest BCUT2D eigenvalue weighted by atomic mass is 32.2. The molecule has 1 saturated heterocycles. The van der Waals surface area contributed by atoms with Gasteiger partial charge in [-0.3, -0.25) is 13.9 Å². The molecule has 16 heteroatoms. The number of methoxy groups -OCH3 is 1. The Morgan fingerprint density at radius 2 is 2.08 bits per heavy atom. The van der Waals surface area contributed by atoms with E-state index < -0.39 is 42.9 Å². The van der Waals surface area contributed by atoms with Gasteiger partial charge in [-0.1, -0.05) is 18.2 Å². The number of nitrogen functional groups attached to an aromatic ring is 1. The first kappa shape index (κ1) is 30.0. The summed E-state index contributed by atoms with van der Waals surface area (Å²) in [6.07, 6.45) is 0.530. The molecule has 3 heterocycles. The normalized spacial score (nSPS) is 24.9. The van der Waals surface area contributed by atoms with Crippen LogP contribution in [0, 0.1) is 0 Å². The molecular formula is C24H33N6O8PS. The fraction of sp³-hybridized carbons (Fsp3) is 0.500. The van der Waals surface area contributed by atoms with Gasteiger partial charge in [-0.2, -0.15) is 26.8 Å². The quantitative estimate of drug-likeness (QED) is 0.205. The summed E-state index contributed by atoms with van der Waals surface area (Å²) < 4.78 is 42.5. The van der Waals surface area contributed by atoms with Crippen molar-refractivity contribution in [1.29, 1.82) is 0 Å². The molecule has 6 unspecified atom stereocenters. The minimum atomic E-state index is -4.16. The second-order valence-electron chi connectivity index (χ2n) is 9.08. The third kappa shape index (κ3) is 6.04. The van der Waals surface area contributed by atoms with Crippen molar-refractivity contribution < 1.29 is 37.7 Å². The number of aromatic nitrogens is 4. The number of nitrogens with zero attached hydrogens (tertiary/aromatic N) is 4. The lowest BCUT2D eigenvalue weighted by molar-refractivity contribution is -0.142. The van der Waals surface area contributed by atoms with Crippen molar-refractivity contribution in [2.45, 2.75) is 50.0 Å². The number of nitrogens with two attached hydrogens (primary N) is 1. The number of carbonyl (C=O) groups excluding carboxylic acids is 1. The Bertz CT molecular complexity index is 1380. The molecule has 0 radical (unpaired) electrons. The van der Waals surface area contributed by atoms with Gasteiger partial charge in [0.1, 0.15) is 24.0 Å². The van der Waals surface area contributed by atoms with E-state index in [0.29, 0.717) is 17.8 Å². The van der Waals surface area contributed by atoms with E-state index in [0.717, 1.165) is 0 Å². The summed E-state index contributed by atoms with van der Waals surface area (Å²) in [6, 6.07) is 7.34. The van der Waals surface area contributed by atoms with Crippen LogP contribution in [0.1, 0.15) is 27.0 Å². The number of fused-ring (bicyclic) bond motifs is 1. The Morgan fingerprint density at radius 3 is 2.73 bits per heavy atom. The summed E-state index contributed by atoms with van der Waals surface area (Å²) in [5.41, 5.74) is 6.67. The van der Waals surface area contributed by atoms with Crippen LogP contribution in [-0.2, 0) is 23.4 Å². The molecule has 14 nitrogen and oxygen atoms in total. The van der Waals surface area contributed by atoms with Crippen LogP contribution in [0.4, 0.5) is 5.95 Å². The van der Waals surface area contributed by atoms with Crippen LogP contribution >= 0.6 is 19.5 Å². The molecule has 6 atom stereocenters. The highest BCUT2D eigenvalue weighted by molar-refractivity contribution is 8.00. The summed E-state index contributed by atoms with van der Waals surface area (Å²) in [5.74, 6) is -0.181. The first-order valence-corrected chi connectivity index (χ1v) is 15.2. The molecule has 218 valence electrons. The van der Waals surface area contributed by atoms with Crippen LogP contribution in [0.2, 0.25) is 0 Å². The van der Waals surface area contributed by atoms with Crippen LogP contribution in [0.25, 0.3) is 11.2 Å². The number of carbonyl (C=O) groups is 1. The SMILES string of the molecule is CCOc1nc(N)nc2c1ncn2C1OC(COP(=O)(NC(C)C(=O)OC)Oc2ccccc2)C(O)C1(C)SC. The Balaban J connectivity index is 1.60. The number of hydrogen-bond donors (Lipinski definition) is 3. The van der Waals surface area contributed by atoms with Crippen molar-refractivity contribution in [3.8, 4) is 11.6 Å². The number of para-hydroxylation sites is 1. The Kier molecular flexibility index (Phi) is 9.22. The van der Waals surface area contributed by atoms with Crippen molar-refractivity contribution in [2.75, 3.05) is 32.3 Å². The molecule has 4 rings (SSSR count). The number of rotatable bonds is 12. The van der Waals surface area contributed by atoms with Gasteiger partial charge >= 0.3 is 13.7 Å². The second kappa shape index (κ2) is 12.3. The summed E-state index contributed by atoms with van der Waals surface area (Å²) in [5, 5.41) is 14.0. The first-order chi connectivity index (χ1) is 19.0. The number of aliphatic hydroxyl groups is 1. The third-order valence-electron chi connectivity index (χ3n) is 6.40. The van der Waals surface area contributed by atoms with Crippen molar-refractivity contribution in [1.82, 2.24) is 24.6 Å². The van der Waals surface area contributed by atoms with E-state index in [-0.39, 0.29) is 24.2 Å². The average molecular weight is 597 g/mol. The van der Waals surface area contributed by atoms with E-state index in [1.54, 1.807) is 34.9 Å². The maximum atomic E-state index is 13.8. The van der Waals surface area contributed by atoms with Gasteiger partial charge in [0, 0.05) is 0 Å². The number of imidazole rings is 1. The fourth-order valence-corrected chi connectivity index (χ4v) is 6.51. The minimum absolute atomic E-state index is 0.00761. The molecule has 0 saturated carbocycles. The van der Waals surface area contributed by atoms with Gasteiger partial charge in [-0.15, -0.1) is 0 Å². The van der Waals surface area contributed by atoms with Crippen molar-refractivity contribution in [3.63, 3.8) is 0 Å². The van der Waals surface area contributed by atoms with Gasteiger partial charge in [-0.05, 0) is 39.2 Å². The lowest BCUT2D eigenvalue weighted by atomic mass is 10.0. The number of esters is 1. The van der Waals surface area contributed by atoms with Crippen LogP contribution in [0.3, 0.4) is 0 Å². The van der Waals surface area contributed by atoms with Crippen LogP contribution in [0.5, 0.6) is 11.6 Å². The monoisotopic (exact) mass is 596 g/mol. The molecule has 40 heavy (non-hydrogen) atoms. The number of aliphatic hydroxyl groups excluding tert-OH is 1. The molecule has 2 aromatic heterocycles. The van der Waals surface area contributed by atoms with E-state index in [9.17, 15) is 14.5 Å². The van der Waals surface area contributed by atoms with Gasteiger partial charge in [-0.25, -0.2) is 9.55 Å². The second-order valence-corrected chi connectivity index (χ2v) is 12.1. The molecule has 0 aliphatic carbocycles. The molecule has 1 fully saturated rings. The highest BCUT2D eigenvalue weighted by Crippen LogP contribution is 2.50. The molecular weight excluding hydrogens is 563 g/mol. The zero-order chi connectivity index (χ0) is 29.1. The molecule has 0 spiro atoms. The zero-order valence-electron chi connectivity index (χ0n) is 22.7. The highest BCUT2D eigenvalue weighted by Gasteiger charge is 2.55. The number of nitrogens with one attached hydrogen (secondary N) is 1. The largest absolute Gasteiger partial charge is 0.476 e. The van der Waals surface area contributed by atoms with E-state index in [4.69, 9.17) is 29.0 Å². The summed E-state index contributed by atoms with van der Waals surface area (Å²) in [4.78, 5) is 24.9. The van der Waals surface area contributed by atoms with Gasteiger partial charge in [0.15, 0.2) is 17.4 Å². The van der Waals surface area contributed by atoms with Crippen molar-refractivity contribution in [3.05, 3.63) is 36.7 Å². The van der Waals surface area contributed by atoms with Gasteiger partial charge in [0.25, 0.3) is 0 Å². The van der Waals surface area contributed by atoms with Crippen molar-refractivity contribution in [2.24, 2.45) is 0 Å². The zero-order valence-corrected chi connectivity index (χ0v) is 24.4. The van der Waals surface area contributed by atoms with Crippen LogP contribution in [0.15, 0.2) is 36.7 Å². The fourth-order valence-electron chi connectivity index (χ4n) is 4.25. The lowest BCUT2D eigenvalue weighted by Crippen LogP contribution is -2.42. The standard InChI is InChI=1S/C24H33N6O8PS/c1-6-35-20-17-19(27-23(25)28-20)30(13-26-17)22-24(3,40-5)18(31)16(37-22)12-36-39(33,29-14(2)21(32)34-4)38-15-10-8-7-9-11-15/h7-11,13-14,16,18,22,31H,6,12H2,1-5H3,(H,29,33)(H2,25,27,28). The average Bonchev–Trinajstić information content (AvgIpc) is 3.46. The maximum Gasteiger partial charge on any atom is 0.459 e. The van der Waals surface area contributed by atoms with Crippen LogP contribution < -0.4 is 20.1 Å². The van der Waals surface area contributed by atoms with Gasteiger partial charge in [0.2, 0.25) is 11.8 Å². The molecule has 4 N–H and O–H groups in total. The topological polar surface area (TPSA) is 182 Å². The van der Waals surface area contributed by atoms with E-state index >= 15 is 0 Å². The molecule has 3 aromatic rings. The summed E-state index contributed by atoms with van der Waals surface area (Å²) >= 11 is 1.37. The smallest absolute Gasteiger partial charge is 0.459 e. The third-order valence-corrected chi connectivity index (χ3v) is 9.36. The predicted molar refractivity (Wildman–Crippen MR) is 148 cm³/mol. The van der Waals surface area contributed by atoms with Gasteiger partial charge < -0.3 is 29.6 Å². The summed E-state index contributed by atoms with van der Waals surface area (Å²) in [6.45, 7) is 5.12. The lowest BCUT2D eigenvalue weighted by Gasteiger charge is -2.31. The van der Waals surface area contributed by atoms with E-state index in [2.05, 4.69) is 20.0 Å². The Hall–Kier alpha value is -2.94. The number of benzene rings is 1. The minimum Gasteiger partial charge on any atom is -0.476 e. The molecule has 1 aromatic carbocycles. The number of hydrogen-bond acceptors (Lipinski definition) is 13.